The van der Waals surface area contributed by atoms with Crippen molar-refractivity contribution in [2.75, 3.05) is 36.0 Å². The quantitative estimate of drug-likeness (QED) is 0.770. The second-order valence-corrected chi connectivity index (χ2v) is 6.12. The van der Waals surface area contributed by atoms with Crippen molar-refractivity contribution >= 4 is 22.4 Å². The first-order chi connectivity index (χ1) is 12.0. The van der Waals surface area contributed by atoms with Gasteiger partial charge in [0.1, 0.15) is 17.5 Å². The molecule has 0 unspecified atom stereocenters. The topological polar surface area (TPSA) is 57.2 Å². The number of piperazine rings is 1. The van der Waals surface area contributed by atoms with Gasteiger partial charge in [-0.05, 0) is 12.1 Å². The summed E-state index contributed by atoms with van der Waals surface area (Å²) in [6, 6.07) is 5.52. The number of fused-ring (bicyclic) bond motifs is 1. The van der Waals surface area contributed by atoms with E-state index in [1.54, 1.807) is 17.9 Å². The fraction of sp³-hybridized carbons (Fsp3) is 0.294. The van der Waals surface area contributed by atoms with Gasteiger partial charge in [0.15, 0.2) is 0 Å². The van der Waals surface area contributed by atoms with Gasteiger partial charge in [0.05, 0.1) is 22.8 Å². The molecule has 1 fully saturated rings. The predicted molar refractivity (Wildman–Crippen MR) is 92.1 cm³/mol. The van der Waals surface area contributed by atoms with Gasteiger partial charge in [-0.25, -0.2) is 8.78 Å². The molecule has 1 saturated heterocycles. The molecule has 0 radical (unpaired) electrons. The number of anilines is 2. The largest absolute Gasteiger partial charge is 0.366 e. The number of nitrogens with one attached hydrogen (secondary N) is 1. The van der Waals surface area contributed by atoms with Crippen LogP contribution in [0.5, 0.6) is 0 Å². The third-order valence-corrected chi connectivity index (χ3v) is 4.62. The Balaban J connectivity index is 1.56. The summed E-state index contributed by atoms with van der Waals surface area (Å²) in [5, 5.41) is 4.66. The third kappa shape index (κ3) is 2.73. The van der Waals surface area contributed by atoms with Crippen LogP contribution in [-0.4, -0.2) is 40.9 Å². The average molecular weight is 345 g/mol. The van der Waals surface area contributed by atoms with Gasteiger partial charge in [0, 0.05) is 45.4 Å². The summed E-state index contributed by atoms with van der Waals surface area (Å²) in [5.41, 5.74) is 0.995. The normalized spacial score (nSPS) is 15.2. The molecular weight excluding hydrogens is 328 g/mol. The van der Waals surface area contributed by atoms with E-state index in [0.29, 0.717) is 37.3 Å². The molecule has 4 rings (SSSR count). The molecule has 0 amide bonds. The molecule has 1 aromatic carbocycles. The number of aryl methyl sites for hydroxylation is 1. The van der Waals surface area contributed by atoms with Crippen LogP contribution < -0.4 is 15.4 Å². The first kappa shape index (κ1) is 15.6. The number of H-pyrrole nitrogens is 1. The lowest BCUT2D eigenvalue weighted by Gasteiger charge is -2.37. The van der Waals surface area contributed by atoms with Crippen LogP contribution in [-0.2, 0) is 7.05 Å². The van der Waals surface area contributed by atoms with Crippen molar-refractivity contribution in [2.45, 2.75) is 0 Å². The van der Waals surface area contributed by atoms with E-state index >= 15 is 0 Å². The van der Waals surface area contributed by atoms with E-state index in [9.17, 15) is 13.6 Å². The van der Waals surface area contributed by atoms with E-state index < -0.39 is 11.6 Å². The fourth-order valence-electron chi connectivity index (χ4n) is 3.24. The monoisotopic (exact) mass is 345 g/mol. The molecule has 0 aliphatic carbocycles. The van der Waals surface area contributed by atoms with Crippen LogP contribution in [0.15, 0.2) is 35.3 Å². The Morgan fingerprint density at radius 2 is 1.80 bits per heavy atom. The van der Waals surface area contributed by atoms with Crippen LogP contribution in [0.1, 0.15) is 0 Å². The third-order valence-electron chi connectivity index (χ3n) is 4.62. The van der Waals surface area contributed by atoms with E-state index in [1.165, 1.54) is 12.1 Å². The summed E-state index contributed by atoms with van der Waals surface area (Å²) in [4.78, 5) is 19.0. The molecule has 0 spiro atoms. The zero-order valence-electron chi connectivity index (χ0n) is 13.7. The first-order valence-electron chi connectivity index (χ1n) is 8.03. The van der Waals surface area contributed by atoms with Crippen LogP contribution >= 0.6 is 0 Å². The molecule has 1 N–H and O–H groups in total. The second-order valence-electron chi connectivity index (χ2n) is 6.12. The number of pyridine rings is 1. The van der Waals surface area contributed by atoms with Gasteiger partial charge < -0.3 is 14.8 Å². The van der Waals surface area contributed by atoms with Crippen molar-refractivity contribution in [3.05, 3.63) is 52.5 Å². The van der Waals surface area contributed by atoms with Crippen molar-refractivity contribution < 1.29 is 8.78 Å². The van der Waals surface area contributed by atoms with E-state index in [-0.39, 0.29) is 5.56 Å². The maximum atomic E-state index is 13.9. The molecule has 25 heavy (non-hydrogen) atoms. The summed E-state index contributed by atoms with van der Waals surface area (Å²) in [7, 11) is 1.79. The molecule has 0 atom stereocenters. The predicted octanol–water partition coefficient (Wildman–Crippen LogP) is 1.87. The molecule has 3 aromatic rings. The van der Waals surface area contributed by atoms with E-state index in [1.807, 2.05) is 15.9 Å². The van der Waals surface area contributed by atoms with E-state index in [4.69, 9.17) is 0 Å². The molecule has 2 aromatic heterocycles. The maximum absolute atomic E-state index is 13.9. The number of aromatic nitrogens is 3. The summed E-state index contributed by atoms with van der Waals surface area (Å²) >= 11 is 0. The van der Waals surface area contributed by atoms with Crippen molar-refractivity contribution in [2.24, 2.45) is 7.05 Å². The average Bonchev–Trinajstić information content (AvgIpc) is 2.97. The highest BCUT2D eigenvalue weighted by Gasteiger charge is 2.21. The highest BCUT2D eigenvalue weighted by Crippen LogP contribution is 2.23. The maximum Gasteiger partial charge on any atom is 0.260 e. The van der Waals surface area contributed by atoms with Gasteiger partial charge in [-0.2, -0.15) is 5.10 Å². The van der Waals surface area contributed by atoms with Gasteiger partial charge in [-0.1, -0.05) is 0 Å². The number of rotatable bonds is 2. The highest BCUT2D eigenvalue weighted by molar-refractivity contribution is 5.80. The van der Waals surface area contributed by atoms with E-state index in [0.717, 1.165) is 17.4 Å². The molecule has 1 aliphatic rings. The lowest BCUT2D eigenvalue weighted by atomic mass is 10.2. The Hall–Kier alpha value is -2.90. The zero-order chi connectivity index (χ0) is 17.6. The molecule has 3 heterocycles. The van der Waals surface area contributed by atoms with Crippen LogP contribution in [0.25, 0.3) is 10.9 Å². The highest BCUT2D eigenvalue weighted by atomic mass is 19.1. The van der Waals surface area contributed by atoms with Crippen molar-refractivity contribution in [1.82, 2.24) is 14.8 Å². The zero-order valence-corrected chi connectivity index (χ0v) is 13.7. The number of aromatic amines is 1. The summed E-state index contributed by atoms with van der Waals surface area (Å²) in [6.45, 7) is 2.40. The van der Waals surface area contributed by atoms with Crippen molar-refractivity contribution in [3.63, 3.8) is 0 Å². The fourth-order valence-corrected chi connectivity index (χ4v) is 3.24. The minimum absolute atomic E-state index is 0.174. The standard InChI is InChI=1S/C17H17F2N5O/c1-22-15-9-16(21-17(25)12(15)10-20-22)24-6-4-23(5-7-24)14-3-2-11(18)8-13(14)19/h2-3,8-10H,4-7H2,1H3,(H,21,25). The Bertz CT molecular complexity index is 988. The summed E-state index contributed by atoms with van der Waals surface area (Å²) in [5.74, 6) is -0.416. The molecule has 1 aliphatic heterocycles. The van der Waals surface area contributed by atoms with Gasteiger partial charge >= 0.3 is 0 Å². The van der Waals surface area contributed by atoms with E-state index in [2.05, 4.69) is 10.1 Å². The number of benzene rings is 1. The SMILES string of the molecule is Cn1ncc2c(=O)[nH]c(N3CCN(c4ccc(F)cc4F)CC3)cc21. The summed E-state index contributed by atoms with van der Waals surface area (Å²) in [6.07, 6.45) is 1.55. The molecule has 0 saturated carbocycles. The number of hydrogen-bond donors (Lipinski definition) is 1. The minimum Gasteiger partial charge on any atom is -0.366 e. The Kier molecular flexibility index (Phi) is 3.67. The summed E-state index contributed by atoms with van der Waals surface area (Å²) < 4.78 is 28.7. The number of hydrogen-bond acceptors (Lipinski definition) is 4. The van der Waals surface area contributed by atoms with Gasteiger partial charge in [-0.3, -0.25) is 9.48 Å². The number of halogens is 2. The minimum atomic E-state index is -0.582. The van der Waals surface area contributed by atoms with Gasteiger partial charge in [-0.15, -0.1) is 0 Å². The van der Waals surface area contributed by atoms with Crippen LogP contribution in [0, 0.1) is 11.6 Å². The van der Waals surface area contributed by atoms with Crippen molar-refractivity contribution in [3.8, 4) is 0 Å². The lowest BCUT2D eigenvalue weighted by Crippen LogP contribution is -2.47. The van der Waals surface area contributed by atoms with Gasteiger partial charge in [0.2, 0.25) is 0 Å². The Morgan fingerprint density at radius 3 is 2.52 bits per heavy atom. The second kappa shape index (κ2) is 5.87. The first-order valence-corrected chi connectivity index (χ1v) is 8.03. The van der Waals surface area contributed by atoms with Gasteiger partial charge in [0.25, 0.3) is 5.56 Å². The molecule has 130 valence electrons. The molecule has 6 nitrogen and oxygen atoms in total. The van der Waals surface area contributed by atoms with Crippen molar-refractivity contribution in [1.29, 1.82) is 0 Å². The smallest absolute Gasteiger partial charge is 0.260 e. The lowest BCUT2D eigenvalue weighted by molar-refractivity contribution is 0.570. The molecule has 8 heteroatoms. The number of nitrogens with zero attached hydrogens (tertiary/aromatic N) is 4. The van der Waals surface area contributed by atoms with Crippen LogP contribution in [0.2, 0.25) is 0 Å². The van der Waals surface area contributed by atoms with Crippen LogP contribution in [0.3, 0.4) is 0 Å². The Morgan fingerprint density at radius 1 is 1.08 bits per heavy atom. The molecule has 0 bridgehead atoms. The Labute approximate surface area is 142 Å². The molecular formula is C17H17F2N5O. The van der Waals surface area contributed by atoms with Crippen LogP contribution in [0.4, 0.5) is 20.3 Å².